The highest BCUT2D eigenvalue weighted by Gasteiger charge is 2.45. The number of anilines is 1. The van der Waals surface area contributed by atoms with Crippen molar-refractivity contribution in [3.05, 3.63) is 59.2 Å². The Labute approximate surface area is 235 Å². The Morgan fingerprint density at radius 2 is 1.63 bits per heavy atom. The Morgan fingerprint density at radius 1 is 0.951 bits per heavy atom. The number of carbonyl (C=O) groups excluding carboxylic acids is 5. The zero-order chi connectivity index (χ0) is 29.6. The summed E-state index contributed by atoms with van der Waals surface area (Å²) in [4.78, 5) is 62.6. The highest BCUT2D eigenvalue weighted by molar-refractivity contribution is 7.89. The van der Waals surface area contributed by atoms with Gasteiger partial charge in [0, 0.05) is 30.8 Å². The summed E-state index contributed by atoms with van der Waals surface area (Å²) in [6, 6.07) is 9.02. The molecule has 0 aliphatic carbocycles. The Bertz CT molecular complexity index is 1460. The average Bonchev–Trinajstić information content (AvgIpc) is 3.19. The number of hydrogen-bond acceptors (Lipinski definition) is 10. The number of piperidine rings is 1. The van der Waals surface area contributed by atoms with E-state index in [9.17, 15) is 32.4 Å². The summed E-state index contributed by atoms with van der Waals surface area (Å²) >= 11 is 0. The highest BCUT2D eigenvalue weighted by Crippen LogP contribution is 2.32. The van der Waals surface area contributed by atoms with Crippen LogP contribution in [0.5, 0.6) is 0 Å². The Hall–Kier alpha value is -4.18. The lowest BCUT2D eigenvalue weighted by Gasteiger charge is -2.27. The fourth-order valence-corrected chi connectivity index (χ4v) is 4.89. The maximum absolute atomic E-state index is 13.1. The van der Waals surface area contributed by atoms with Gasteiger partial charge in [-0.05, 0) is 42.8 Å². The van der Waals surface area contributed by atoms with E-state index in [1.165, 1.54) is 30.3 Å². The van der Waals surface area contributed by atoms with Gasteiger partial charge in [0.05, 0.1) is 42.4 Å². The Balaban J connectivity index is 1.13. The molecule has 2 aromatic rings. The van der Waals surface area contributed by atoms with Crippen LogP contribution in [0.25, 0.3) is 0 Å². The minimum Gasteiger partial charge on any atom is -0.382 e. The van der Waals surface area contributed by atoms with Crippen LogP contribution in [0.2, 0.25) is 0 Å². The van der Waals surface area contributed by atoms with Crippen LogP contribution in [-0.2, 0) is 29.1 Å². The second kappa shape index (κ2) is 13.0. The molecule has 15 heteroatoms. The molecule has 0 aromatic heterocycles. The third-order valence-electron chi connectivity index (χ3n) is 6.38. The first-order chi connectivity index (χ1) is 19.6. The van der Waals surface area contributed by atoms with Crippen LogP contribution < -0.4 is 21.1 Å². The summed E-state index contributed by atoms with van der Waals surface area (Å²) in [5.41, 5.74) is 1.08. The number of nitrogens with one attached hydrogen (secondary N) is 3. The van der Waals surface area contributed by atoms with Crippen molar-refractivity contribution < 1.29 is 41.9 Å². The fraction of sp³-hybridized carbons (Fsp3) is 0.346. The van der Waals surface area contributed by atoms with E-state index in [0.29, 0.717) is 12.2 Å². The lowest BCUT2D eigenvalue weighted by molar-refractivity contribution is -0.136. The highest BCUT2D eigenvalue weighted by atomic mass is 32.2. The topological polar surface area (TPSA) is 203 Å². The summed E-state index contributed by atoms with van der Waals surface area (Å²) in [6.45, 7) is 1.62. The van der Waals surface area contributed by atoms with Gasteiger partial charge < -0.3 is 20.1 Å². The molecule has 0 radical (unpaired) electrons. The molecule has 0 bridgehead atoms. The first-order valence-corrected chi connectivity index (χ1v) is 14.3. The molecule has 0 spiro atoms. The molecule has 5 amide bonds. The van der Waals surface area contributed by atoms with Gasteiger partial charge in [0.15, 0.2) is 0 Å². The second-order valence-corrected chi connectivity index (χ2v) is 10.7. The van der Waals surface area contributed by atoms with Crippen LogP contribution in [0.3, 0.4) is 0 Å². The predicted molar refractivity (Wildman–Crippen MR) is 143 cm³/mol. The van der Waals surface area contributed by atoms with Crippen LogP contribution in [0, 0.1) is 0 Å². The maximum atomic E-state index is 13.1. The van der Waals surface area contributed by atoms with Crippen molar-refractivity contribution in [2.45, 2.75) is 23.8 Å². The van der Waals surface area contributed by atoms with Crippen molar-refractivity contribution in [1.29, 1.82) is 0 Å². The second-order valence-electron chi connectivity index (χ2n) is 9.15. The summed E-state index contributed by atoms with van der Waals surface area (Å²) in [7, 11) is -3.83. The van der Waals surface area contributed by atoms with Crippen LogP contribution in [-0.4, -0.2) is 88.4 Å². The molecular formula is C26H29N5O9S. The minimum atomic E-state index is -3.83. The standard InChI is InChI=1S/C26H29N5O9S/c27-41(37,38)17-6-4-16(5-7-17)23(33)29-11-13-40-15-14-39-12-10-28-19-3-1-2-18-22(19)26(36)31(25(18)35)20-8-9-21(32)30-24(20)34/h1-7,20,28H,8-15H2,(H,29,33)(H2,27,37,38)(H,30,32,34). The van der Waals surface area contributed by atoms with Gasteiger partial charge in [-0.2, -0.15) is 0 Å². The maximum Gasteiger partial charge on any atom is 0.264 e. The van der Waals surface area contributed by atoms with Crippen molar-refractivity contribution in [2.24, 2.45) is 5.14 Å². The number of fused-ring (bicyclic) bond motifs is 1. The number of rotatable bonds is 13. The zero-order valence-electron chi connectivity index (χ0n) is 21.9. The van der Waals surface area contributed by atoms with E-state index < -0.39 is 39.7 Å². The third-order valence-corrected chi connectivity index (χ3v) is 7.31. The Morgan fingerprint density at radius 3 is 2.29 bits per heavy atom. The number of ether oxygens (including phenoxy) is 2. The van der Waals surface area contributed by atoms with Crippen molar-refractivity contribution in [3.63, 3.8) is 0 Å². The molecule has 1 atom stereocenters. The number of nitrogens with zero attached hydrogens (tertiary/aromatic N) is 1. The molecule has 218 valence electrons. The van der Waals surface area contributed by atoms with Gasteiger partial charge in [-0.25, -0.2) is 13.6 Å². The number of hydrogen-bond donors (Lipinski definition) is 4. The van der Waals surface area contributed by atoms with E-state index in [-0.39, 0.29) is 73.3 Å². The summed E-state index contributed by atoms with van der Waals surface area (Å²) in [5.74, 6) is -2.66. The summed E-state index contributed by atoms with van der Waals surface area (Å²) in [6.07, 6.45) is 0.128. The molecule has 1 fully saturated rings. The van der Waals surface area contributed by atoms with Crippen LogP contribution >= 0.6 is 0 Å². The van der Waals surface area contributed by atoms with Crippen molar-refractivity contribution >= 4 is 45.2 Å². The number of imide groups is 2. The van der Waals surface area contributed by atoms with Gasteiger partial charge in [-0.15, -0.1) is 0 Å². The minimum absolute atomic E-state index is 0.0461. The third kappa shape index (κ3) is 7.13. The zero-order valence-corrected chi connectivity index (χ0v) is 22.7. The Kier molecular flexibility index (Phi) is 9.44. The van der Waals surface area contributed by atoms with Crippen LogP contribution in [0.15, 0.2) is 47.4 Å². The predicted octanol–water partition coefficient (Wildman–Crippen LogP) is -0.390. The number of carbonyl (C=O) groups is 5. The summed E-state index contributed by atoms with van der Waals surface area (Å²) < 4.78 is 33.5. The normalized spacial score (nSPS) is 16.9. The first-order valence-electron chi connectivity index (χ1n) is 12.7. The molecule has 1 saturated heterocycles. The molecule has 2 aliphatic rings. The molecule has 2 aliphatic heterocycles. The lowest BCUT2D eigenvalue weighted by Crippen LogP contribution is -2.54. The smallest absolute Gasteiger partial charge is 0.264 e. The van der Waals surface area contributed by atoms with E-state index in [2.05, 4.69) is 16.0 Å². The van der Waals surface area contributed by atoms with Gasteiger partial charge in [-0.3, -0.25) is 34.2 Å². The molecule has 2 aromatic carbocycles. The molecule has 41 heavy (non-hydrogen) atoms. The van der Waals surface area contributed by atoms with Crippen molar-refractivity contribution in [2.75, 3.05) is 44.8 Å². The molecule has 5 N–H and O–H groups in total. The van der Waals surface area contributed by atoms with Crippen LogP contribution in [0.4, 0.5) is 5.69 Å². The molecule has 14 nitrogen and oxygen atoms in total. The van der Waals surface area contributed by atoms with Crippen molar-refractivity contribution in [3.8, 4) is 0 Å². The van der Waals surface area contributed by atoms with Crippen LogP contribution in [0.1, 0.15) is 43.9 Å². The van der Waals surface area contributed by atoms with Gasteiger partial charge in [-0.1, -0.05) is 6.07 Å². The van der Waals surface area contributed by atoms with E-state index in [4.69, 9.17) is 14.6 Å². The lowest BCUT2D eigenvalue weighted by atomic mass is 10.0. The number of primary sulfonamides is 1. The molecule has 0 saturated carbocycles. The average molecular weight is 588 g/mol. The van der Waals surface area contributed by atoms with Gasteiger partial charge >= 0.3 is 0 Å². The number of sulfonamides is 1. The number of benzene rings is 2. The SMILES string of the molecule is NS(=O)(=O)c1ccc(C(=O)NCCOCCOCCNc2cccc3c2C(=O)N(C2CCC(=O)NC2=O)C3=O)cc1. The largest absolute Gasteiger partial charge is 0.382 e. The molecule has 2 heterocycles. The number of amides is 5. The molecule has 1 unspecified atom stereocenters. The van der Waals surface area contributed by atoms with Gasteiger partial charge in [0.2, 0.25) is 21.8 Å². The van der Waals surface area contributed by atoms with E-state index >= 15 is 0 Å². The van der Waals surface area contributed by atoms with Gasteiger partial charge in [0.25, 0.3) is 17.7 Å². The fourth-order valence-electron chi connectivity index (χ4n) is 4.38. The monoisotopic (exact) mass is 587 g/mol. The number of nitrogens with two attached hydrogens (primary N) is 1. The van der Waals surface area contributed by atoms with E-state index in [1.54, 1.807) is 12.1 Å². The van der Waals surface area contributed by atoms with Crippen molar-refractivity contribution in [1.82, 2.24) is 15.5 Å². The van der Waals surface area contributed by atoms with E-state index in [1.807, 2.05) is 0 Å². The van der Waals surface area contributed by atoms with Gasteiger partial charge in [0.1, 0.15) is 6.04 Å². The first kappa shape index (κ1) is 29.8. The molecular weight excluding hydrogens is 558 g/mol. The molecule has 4 rings (SSSR count). The van der Waals surface area contributed by atoms with E-state index in [0.717, 1.165) is 4.90 Å². The quantitative estimate of drug-likeness (QED) is 0.176. The summed E-state index contributed by atoms with van der Waals surface area (Å²) in [5, 5.41) is 12.9.